The number of ketones is 2. The van der Waals surface area contributed by atoms with Crippen molar-refractivity contribution in [2.24, 2.45) is 34.5 Å². The number of hydrogen-bond acceptors (Lipinski definition) is 6. The fourth-order valence-corrected chi connectivity index (χ4v) is 9.33. The van der Waals surface area contributed by atoms with Crippen LogP contribution in [0.15, 0.2) is 23.8 Å². The second-order valence-electron chi connectivity index (χ2n) is 12.3. The van der Waals surface area contributed by atoms with Gasteiger partial charge in [0.2, 0.25) is 0 Å². The minimum Gasteiger partial charge on any atom is -0.393 e. The maximum atomic E-state index is 13.5. The topological polar surface area (TPSA) is 93.1 Å². The minimum atomic E-state index is -1.20. The molecule has 6 aliphatic rings. The molecule has 1 saturated heterocycles. The highest BCUT2D eigenvalue weighted by Crippen LogP contribution is 2.70. The zero-order valence-corrected chi connectivity index (χ0v) is 20.4. The molecular weight excluding hydrogens is 432 g/mol. The normalized spacial score (nSPS) is 50.2. The van der Waals surface area contributed by atoms with E-state index in [0.29, 0.717) is 6.42 Å². The Bertz CT molecular complexity index is 949. The molecule has 5 fully saturated rings. The summed E-state index contributed by atoms with van der Waals surface area (Å²) in [5.41, 5.74) is -1.04. The number of carbonyl (C=O) groups excluding carboxylic acids is 2. The van der Waals surface area contributed by atoms with Crippen LogP contribution < -0.4 is 0 Å². The molecule has 6 heteroatoms. The van der Waals surface area contributed by atoms with Gasteiger partial charge in [-0.1, -0.05) is 44.8 Å². The van der Waals surface area contributed by atoms with Gasteiger partial charge in [0.15, 0.2) is 23.5 Å². The third-order valence-corrected chi connectivity index (χ3v) is 10.8. The molecule has 186 valence electrons. The fraction of sp³-hybridized carbons (Fsp3) is 0.786. The number of hydrogen-bond donors (Lipinski definition) is 2. The maximum absolute atomic E-state index is 13.5. The van der Waals surface area contributed by atoms with E-state index in [4.69, 9.17) is 9.47 Å². The highest BCUT2D eigenvalue weighted by atomic mass is 16.7. The van der Waals surface area contributed by atoms with Gasteiger partial charge in [-0.05, 0) is 62.5 Å². The lowest BCUT2D eigenvalue weighted by atomic mass is 9.46. The van der Waals surface area contributed by atoms with Gasteiger partial charge in [-0.2, -0.15) is 0 Å². The van der Waals surface area contributed by atoms with Crippen LogP contribution in [0, 0.1) is 34.5 Å². The van der Waals surface area contributed by atoms with Crippen molar-refractivity contribution in [3.63, 3.8) is 0 Å². The Morgan fingerprint density at radius 3 is 2.68 bits per heavy atom. The number of Topliss-reactive ketones (excluding diaryl/α,β-unsaturated/α-hetero) is 1. The van der Waals surface area contributed by atoms with E-state index in [0.717, 1.165) is 50.5 Å². The second kappa shape index (κ2) is 7.83. The molecule has 9 atom stereocenters. The minimum absolute atomic E-state index is 0.0100. The molecule has 4 saturated carbocycles. The van der Waals surface area contributed by atoms with Crippen molar-refractivity contribution in [3.8, 4) is 0 Å². The van der Waals surface area contributed by atoms with Crippen LogP contribution in [0.2, 0.25) is 0 Å². The Morgan fingerprint density at radius 2 is 1.94 bits per heavy atom. The van der Waals surface area contributed by atoms with Gasteiger partial charge in [0.05, 0.1) is 12.2 Å². The van der Waals surface area contributed by atoms with Crippen molar-refractivity contribution in [2.45, 2.75) is 95.7 Å². The molecule has 0 aromatic heterocycles. The van der Waals surface area contributed by atoms with Gasteiger partial charge in [0.25, 0.3) is 0 Å². The predicted octanol–water partition coefficient (Wildman–Crippen LogP) is 3.50. The van der Waals surface area contributed by atoms with Crippen molar-refractivity contribution >= 4 is 11.6 Å². The van der Waals surface area contributed by atoms with E-state index in [2.05, 4.69) is 13.8 Å². The molecule has 1 heterocycles. The van der Waals surface area contributed by atoms with Gasteiger partial charge in [0.1, 0.15) is 6.61 Å². The first-order valence-electron chi connectivity index (χ1n) is 13.3. The van der Waals surface area contributed by atoms with Crippen LogP contribution in [0.3, 0.4) is 0 Å². The predicted molar refractivity (Wildman–Crippen MR) is 125 cm³/mol. The molecule has 5 aliphatic carbocycles. The van der Waals surface area contributed by atoms with Gasteiger partial charge >= 0.3 is 0 Å². The lowest BCUT2D eigenvalue weighted by molar-refractivity contribution is -0.209. The SMILES string of the molecule is C[C@]12C=CC(=O)C=C1CC[C@@H]1C2C(O)C[C@@]2(C)C1C[C@H]1OC(C3CCCCC3)O[C@]12C(=O)CO. The number of aliphatic hydroxyl groups excluding tert-OH is 2. The van der Waals surface area contributed by atoms with Gasteiger partial charge in [-0.15, -0.1) is 0 Å². The molecule has 0 aromatic carbocycles. The molecule has 0 spiro atoms. The van der Waals surface area contributed by atoms with Gasteiger partial charge in [-0.3, -0.25) is 9.59 Å². The Labute approximate surface area is 201 Å². The van der Waals surface area contributed by atoms with E-state index in [1.165, 1.54) is 6.42 Å². The zero-order valence-electron chi connectivity index (χ0n) is 20.4. The summed E-state index contributed by atoms with van der Waals surface area (Å²) in [6, 6.07) is 0. The van der Waals surface area contributed by atoms with Crippen molar-refractivity contribution in [2.75, 3.05) is 6.61 Å². The van der Waals surface area contributed by atoms with Gasteiger partial charge in [-0.25, -0.2) is 0 Å². The molecular formula is C28H38O6. The highest BCUT2D eigenvalue weighted by molar-refractivity contribution is 6.01. The van der Waals surface area contributed by atoms with Crippen molar-refractivity contribution in [1.82, 2.24) is 0 Å². The molecule has 0 aromatic rings. The van der Waals surface area contributed by atoms with E-state index < -0.39 is 30.0 Å². The monoisotopic (exact) mass is 470 g/mol. The first-order valence-corrected chi connectivity index (χ1v) is 13.3. The summed E-state index contributed by atoms with van der Waals surface area (Å²) < 4.78 is 13.3. The highest BCUT2D eigenvalue weighted by Gasteiger charge is 2.76. The number of aliphatic hydroxyl groups is 2. The standard InChI is InChI=1S/C28H38O6/c1-26-11-10-18(30)12-17(26)8-9-19-20-13-23-28(22(32)15-29,27(20,2)14-21(31)24(19)26)34-25(33-23)16-6-4-3-5-7-16/h10-12,16,19-21,23-25,29,31H,3-9,13-15H2,1-2H3/t19-,20?,21?,23+,24?,25?,26-,27-,28+/m0/s1. The van der Waals surface area contributed by atoms with Crippen LogP contribution in [-0.2, 0) is 19.1 Å². The van der Waals surface area contributed by atoms with Crippen LogP contribution in [0.1, 0.15) is 71.6 Å². The Hall–Kier alpha value is -1.34. The Morgan fingerprint density at radius 1 is 1.18 bits per heavy atom. The van der Waals surface area contributed by atoms with Crippen molar-refractivity contribution in [1.29, 1.82) is 0 Å². The van der Waals surface area contributed by atoms with Gasteiger partial charge < -0.3 is 19.7 Å². The van der Waals surface area contributed by atoms with Crippen molar-refractivity contribution < 1.29 is 29.3 Å². The molecule has 6 rings (SSSR count). The molecule has 4 unspecified atom stereocenters. The molecule has 1 aliphatic heterocycles. The summed E-state index contributed by atoms with van der Waals surface area (Å²) in [5.74, 6) is 0.360. The quantitative estimate of drug-likeness (QED) is 0.656. The van der Waals surface area contributed by atoms with Crippen LogP contribution >= 0.6 is 0 Å². The smallest absolute Gasteiger partial charge is 0.193 e. The second-order valence-corrected chi connectivity index (χ2v) is 12.3. The van der Waals surface area contributed by atoms with Crippen LogP contribution in [0.4, 0.5) is 0 Å². The summed E-state index contributed by atoms with van der Waals surface area (Å²) in [6.07, 6.45) is 12.5. The van der Waals surface area contributed by atoms with E-state index in [9.17, 15) is 19.8 Å². The lowest BCUT2D eigenvalue weighted by Crippen LogP contribution is -2.63. The molecule has 6 nitrogen and oxygen atoms in total. The van der Waals surface area contributed by atoms with E-state index in [1.54, 1.807) is 12.2 Å². The maximum Gasteiger partial charge on any atom is 0.193 e. The summed E-state index contributed by atoms with van der Waals surface area (Å²) in [5, 5.41) is 21.7. The van der Waals surface area contributed by atoms with Gasteiger partial charge in [0, 0.05) is 22.7 Å². The molecule has 34 heavy (non-hydrogen) atoms. The number of fused-ring (bicyclic) bond motifs is 7. The average Bonchev–Trinajstić information content (AvgIpc) is 3.32. The summed E-state index contributed by atoms with van der Waals surface area (Å²) in [4.78, 5) is 25.6. The lowest BCUT2D eigenvalue weighted by Gasteiger charge is -2.59. The summed E-state index contributed by atoms with van der Waals surface area (Å²) in [6.45, 7) is 3.69. The van der Waals surface area contributed by atoms with E-state index in [1.807, 2.05) is 6.08 Å². The fourth-order valence-electron chi connectivity index (χ4n) is 9.33. The average molecular weight is 471 g/mol. The molecule has 0 amide bonds. The summed E-state index contributed by atoms with van der Waals surface area (Å²) in [7, 11) is 0. The number of rotatable bonds is 3. The van der Waals surface area contributed by atoms with E-state index in [-0.39, 0.29) is 46.8 Å². The Balaban J connectivity index is 1.37. The first kappa shape index (κ1) is 23.1. The third-order valence-electron chi connectivity index (χ3n) is 10.8. The molecule has 2 N–H and O–H groups in total. The number of carbonyl (C=O) groups is 2. The number of ether oxygens (including phenoxy) is 2. The Kier molecular flexibility index (Phi) is 5.31. The van der Waals surface area contributed by atoms with Crippen LogP contribution in [0.5, 0.6) is 0 Å². The summed E-state index contributed by atoms with van der Waals surface area (Å²) >= 11 is 0. The molecule has 0 radical (unpaired) electrons. The molecule has 0 bridgehead atoms. The van der Waals surface area contributed by atoms with Crippen LogP contribution in [-0.4, -0.2) is 52.5 Å². The number of allylic oxidation sites excluding steroid dienone is 4. The zero-order chi connectivity index (χ0) is 23.9. The largest absolute Gasteiger partial charge is 0.393 e. The van der Waals surface area contributed by atoms with E-state index >= 15 is 0 Å². The third kappa shape index (κ3) is 2.89. The first-order chi connectivity index (χ1) is 16.2. The van der Waals surface area contributed by atoms with Crippen LogP contribution in [0.25, 0.3) is 0 Å². The van der Waals surface area contributed by atoms with Crippen molar-refractivity contribution in [3.05, 3.63) is 23.8 Å².